The van der Waals surface area contributed by atoms with E-state index in [1.807, 2.05) is 0 Å². The second kappa shape index (κ2) is 5.25. The molecule has 0 aliphatic carbocycles. The van der Waals surface area contributed by atoms with Crippen LogP contribution in [0.15, 0.2) is 36.4 Å². The zero-order chi connectivity index (χ0) is 12.1. The average Bonchev–Trinajstić information content (AvgIpc) is 2.34. The SMILES string of the molecule is Nc1ccc(NCCc2ccc(F)cc2)nn1. The second-order valence-corrected chi connectivity index (χ2v) is 3.65. The smallest absolute Gasteiger partial charge is 0.148 e. The summed E-state index contributed by atoms with van der Waals surface area (Å²) < 4.78 is 12.7. The van der Waals surface area contributed by atoms with Gasteiger partial charge in [-0.1, -0.05) is 12.1 Å². The number of nitrogens with zero attached hydrogens (tertiary/aromatic N) is 2. The van der Waals surface area contributed by atoms with E-state index in [2.05, 4.69) is 15.5 Å². The maximum absolute atomic E-state index is 12.7. The van der Waals surface area contributed by atoms with Crippen LogP contribution in [0.1, 0.15) is 5.56 Å². The molecule has 0 aliphatic rings. The highest BCUT2D eigenvalue weighted by Gasteiger charge is 1.96. The maximum Gasteiger partial charge on any atom is 0.148 e. The maximum atomic E-state index is 12.7. The summed E-state index contributed by atoms with van der Waals surface area (Å²) in [5.41, 5.74) is 6.50. The molecule has 0 fully saturated rings. The first-order valence-corrected chi connectivity index (χ1v) is 5.31. The Balaban J connectivity index is 1.83. The van der Waals surface area contributed by atoms with E-state index in [9.17, 15) is 4.39 Å². The molecule has 1 heterocycles. The Morgan fingerprint density at radius 1 is 1.06 bits per heavy atom. The Hall–Kier alpha value is -2.17. The Labute approximate surface area is 98.7 Å². The van der Waals surface area contributed by atoms with E-state index in [-0.39, 0.29) is 5.82 Å². The fourth-order valence-electron chi connectivity index (χ4n) is 1.42. The van der Waals surface area contributed by atoms with Crippen molar-refractivity contribution in [3.05, 3.63) is 47.8 Å². The number of hydrogen-bond acceptors (Lipinski definition) is 4. The lowest BCUT2D eigenvalue weighted by Gasteiger charge is -2.04. The van der Waals surface area contributed by atoms with Gasteiger partial charge in [0.2, 0.25) is 0 Å². The fraction of sp³-hybridized carbons (Fsp3) is 0.167. The van der Waals surface area contributed by atoms with E-state index < -0.39 is 0 Å². The highest BCUT2D eigenvalue weighted by molar-refractivity contribution is 5.38. The number of anilines is 2. The minimum atomic E-state index is -0.217. The number of nitrogens with one attached hydrogen (secondary N) is 1. The predicted molar refractivity (Wildman–Crippen MR) is 65.0 cm³/mol. The highest BCUT2D eigenvalue weighted by atomic mass is 19.1. The van der Waals surface area contributed by atoms with Crippen LogP contribution in [0.5, 0.6) is 0 Å². The van der Waals surface area contributed by atoms with Crippen molar-refractivity contribution in [3.8, 4) is 0 Å². The molecule has 0 spiro atoms. The molecule has 0 saturated heterocycles. The van der Waals surface area contributed by atoms with Crippen molar-refractivity contribution in [1.29, 1.82) is 0 Å². The Bertz CT molecular complexity index is 421. The van der Waals surface area contributed by atoms with Crippen LogP contribution in [-0.4, -0.2) is 16.7 Å². The zero-order valence-electron chi connectivity index (χ0n) is 9.23. The summed E-state index contributed by atoms with van der Waals surface area (Å²) in [5.74, 6) is 0.863. The van der Waals surface area contributed by atoms with Crippen LogP contribution < -0.4 is 11.1 Å². The Morgan fingerprint density at radius 3 is 2.47 bits per heavy atom. The largest absolute Gasteiger partial charge is 0.382 e. The number of benzene rings is 1. The van der Waals surface area contributed by atoms with Gasteiger partial charge in [0.1, 0.15) is 17.5 Å². The third-order valence-electron chi connectivity index (χ3n) is 2.32. The topological polar surface area (TPSA) is 63.8 Å². The number of hydrogen-bond donors (Lipinski definition) is 2. The van der Waals surface area contributed by atoms with E-state index in [4.69, 9.17) is 5.73 Å². The second-order valence-electron chi connectivity index (χ2n) is 3.65. The lowest BCUT2D eigenvalue weighted by molar-refractivity contribution is 0.627. The van der Waals surface area contributed by atoms with Gasteiger partial charge >= 0.3 is 0 Å². The molecule has 1 aromatic heterocycles. The predicted octanol–water partition coefficient (Wildman–Crippen LogP) is 1.85. The third-order valence-corrected chi connectivity index (χ3v) is 2.32. The molecule has 2 rings (SSSR count). The molecule has 3 N–H and O–H groups in total. The number of nitrogens with two attached hydrogens (primary N) is 1. The lowest BCUT2D eigenvalue weighted by atomic mass is 10.1. The van der Waals surface area contributed by atoms with Crippen LogP contribution in [0.2, 0.25) is 0 Å². The molecule has 0 radical (unpaired) electrons. The minimum absolute atomic E-state index is 0.217. The lowest BCUT2D eigenvalue weighted by Crippen LogP contribution is -2.07. The van der Waals surface area contributed by atoms with Crippen molar-refractivity contribution in [2.75, 3.05) is 17.6 Å². The summed E-state index contributed by atoms with van der Waals surface area (Å²) >= 11 is 0. The monoisotopic (exact) mass is 232 g/mol. The molecule has 5 heteroatoms. The summed E-state index contributed by atoms with van der Waals surface area (Å²) in [6, 6.07) is 9.91. The van der Waals surface area contributed by atoms with E-state index in [0.717, 1.165) is 12.0 Å². The molecule has 17 heavy (non-hydrogen) atoms. The zero-order valence-corrected chi connectivity index (χ0v) is 9.23. The van der Waals surface area contributed by atoms with Crippen molar-refractivity contribution < 1.29 is 4.39 Å². The van der Waals surface area contributed by atoms with Crippen LogP contribution in [0.4, 0.5) is 16.0 Å². The van der Waals surface area contributed by atoms with E-state index in [0.29, 0.717) is 18.2 Å². The molecule has 88 valence electrons. The molecule has 0 aliphatic heterocycles. The van der Waals surface area contributed by atoms with Gasteiger partial charge in [-0.3, -0.25) is 0 Å². The third kappa shape index (κ3) is 3.41. The standard InChI is InChI=1S/C12H13FN4/c13-10-3-1-9(2-4-10)7-8-15-12-6-5-11(14)16-17-12/h1-6H,7-8H2,(H2,14,16)(H,15,17). The van der Waals surface area contributed by atoms with Crippen LogP contribution >= 0.6 is 0 Å². The fourth-order valence-corrected chi connectivity index (χ4v) is 1.42. The Kier molecular flexibility index (Phi) is 3.49. The molecule has 1 aromatic carbocycles. The van der Waals surface area contributed by atoms with E-state index in [1.165, 1.54) is 12.1 Å². The van der Waals surface area contributed by atoms with Gasteiger partial charge in [0.15, 0.2) is 0 Å². The van der Waals surface area contributed by atoms with Gasteiger partial charge in [-0.25, -0.2) is 4.39 Å². The first-order valence-electron chi connectivity index (χ1n) is 5.31. The molecule has 0 saturated carbocycles. The van der Waals surface area contributed by atoms with Gasteiger partial charge in [0.05, 0.1) is 0 Å². The van der Waals surface area contributed by atoms with Gasteiger partial charge in [-0.05, 0) is 36.2 Å². The summed E-state index contributed by atoms with van der Waals surface area (Å²) in [6.07, 6.45) is 0.798. The quantitative estimate of drug-likeness (QED) is 0.844. The van der Waals surface area contributed by atoms with Crippen molar-refractivity contribution in [2.45, 2.75) is 6.42 Å². The van der Waals surface area contributed by atoms with Crippen molar-refractivity contribution in [2.24, 2.45) is 0 Å². The summed E-state index contributed by atoms with van der Waals surface area (Å²) in [4.78, 5) is 0. The van der Waals surface area contributed by atoms with Crippen LogP contribution in [0.3, 0.4) is 0 Å². The molecule has 2 aromatic rings. The average molecular weight is 232 g/mol. The number of aromatic nitrogens is 2. The van der Waals surface area contributed by atoms with Gasteiger partial charge < -0.3 is 11.1 Å². The Morgan fingerprint density at radius 2 is 1.82 bits per heavy atom. The molecule has 0 bridgehead atoms. The number of rotatable bonds is 4. The minimum Gasteiger partial charge on any atom is -0.382 e. The van der Waals surface area contributed by atoms with Crippen molar-refractivity contribution in [3.63, 3.8) is 0 Å². The van der Waals surface area contributed by atoms with Crippen molar-refractivity contribution >= 4 is 11.6 Å². The van der Waals surface area contributed by atoms with Gasteiger partial charge in [0, 0.05) is 6.54 Å². The number of halogens is 1. The summed E-state index contributed by atoms with van der Waals surface area (Å²) in [6.45, 7) is 0.713. The number of nitrogen functional groups attached to an aromatic ring is 1. The molecule has 4 nitrogen and oxygen atoms in total. The normalized spacial score (nSPS) is 10.2. The highest BCUT2D eigenvalue weighted by Crippen LogP contribution is 2.05. The van der Waals surface area contributed by atoms with Crippen molar-refractivity contribution in [1.82, 2.24) is 10.2 Å². The van der Waals surface area contributed by atoms with Crippen LogP contribution in [0, 0.1) is 5.82 Å². The molecule has 0 unspecified atom stereocenters. The van der Waals surface area contributed by atoms with Gasteiger partial charge in [-0.15, -0.1) is 10.2 Å². The summed E-state index contributed by atoms with van der Waals surface area (Å²) in [5, 5.41) is 10.7. The van der Waals surface area contributed by atoms with Gasteiger partial charge in [0.25, 0.3) is 0 Å². The molecular weight excluding hydrogens is 219 g/mol. The van der Waals surface area contributed by atoms with Crippen LogP contribution in [-0.2, 0) is 6.42 Å². The molecule has 0 atom stereocenters. The summed E-state index contributed by atoms with van der Waals surface area (Å²) in [7, 11) is 0. The molecule has 0 amide bonds. The first kappa shape index (κ1) is 11.3. The van der Waals surface area contributed by atoms with E-state index in [1.54, 1.807) is 24.3 Å². The van der Waals surface area contributed by atoms with E-state index >= 15 is 0 Å². The molecular formula is C12H13FN4. The van der Waals surface area contributed by atoms with Crippen LogP contribution in [0.25, 0.3) is 0 Å². The first-order chi connectivity index (χ1) is 8.24. The van der Waals surface area contributed by atoms with Gasteiger partial charge in [-0.2, -0.15) is 0 Å².